The van der Waals surface area contributed by atoms with E-state index in [4.69, 9.17) is 0 Å². The van der Waals surface area contributed by atoms with Crippen LogP contribution in [0.25, 0.3) is 5.52 Å². The first-order chi connectivity index (χ1) is 10.3. The third-order valence-electron chi connectivity index (χ3n) is 3.87. The summed E-state index contributed by atoms with van der Waals surface area (Å²) in [5, 5.41) is 18.6. The Bertz CT molecular complexity index is 633. The second kappa shape index (κ2) is 6.09. The lowest BCUT2D eigenvalue weighted by Gasteiger charge is -2.26. The van der Waals surface area contributed by atoms with Gasteiger partial charge >= 0.3 is 5.69 Å². The van der Waals surface area contributed by atoms with Crippen LogP contribution < -0.4 is 5.32 Å². The van der Waals surface area contributed by atoms with Crippen molar-refractivity contribution in [1.82, 2.24) is 14.5 Å². The zero-order chi connectivity index (χ0) is 14.7. The van der Waals surface area contributed by atoms with E-state index in [1.54, 1.807) is 28.9 Å². The fourth-order valence-electron chi connectivity index (χ4n) is 2.80. The number of nitrogens with one attached hydrogen (secondary N) is 1. The predicted molar refractivity (Wildman–Crippen MR) is 80.6 cm³/mol. The molecule has 1 aliphatic heterocycles. The van der Waals surface area contributed by atoms with Crippen molar-refractivity contribution in [2.24, 2.45) is 0 Å². The molecule has 7 nitrogen and oxygen atoms in total. The standard InChI is InChI=1S/C14H19N5O2/c20-19(21)13-12-6-2-5-10-18(12)16-14(13)15-7-11-17-8-3-1-4-9-17/h2,5-6,10H,1,3-4,7-9,11H2,(H,15,16). The Balaban J connectivity index is 1.71. The lowest BCUT2D eigenvalue weighted by molar-refractivity contribution is -0.382. The topological polar surface area (TPSA) is 75.7 Å². The number of nitrogens with zero attached hydrogens (tertiary/aromatic N) is 4. The predicted octanol–water partition coefficient (Wildman–Crippen LogP) is 2.14. The van der Waals surface area contributed by atoms with Crippen molar-refractivity contribution in [3.8, 4) is 0 Å². The fraction of sp³-hybridized carbons (Fsp3) is 0.500. The highest BCUT2D eigenvalue weighted by atomic mass is 16.6. The molecule has 1 aliphatic rings. The quantitative estimate of drug-likeness (QED) is 0.674. The van der Waals surface area contributed by atoms with E-state index in [0.29, 0.717) is 17.9 Å². The molecule has 0 aliphatic carbocycles. The van der Waals surface area contributed by atoms with Crippen molar-refractivity contribution in [3.63, 3.8) is 0 Å². The molecule has 2 aromatic heterocycles. The molecule has 0 amide bonds. The normalized spacial score (nSPS) is 16.2. The van der Waals surface area contributed by atoms with Gasteiger partial charge in [0, 0.05) is 19.3 Å². The molecule has 21 heavy (non-hydrogen) atoms. The van der Waals surface area contributed by atoms with Gasteiger partial charge in [-0.25, -0.2) is 4.52 Å². The second-order valence-corrected chi connectivity index (χ2v) is 5.31. The van der Waals surface area contributed by atoms with E-state index in [1.807, 2.05) is 0 Å². The third kappa shape index (κ3) is 2.97. The second-order valence-electron chi connectivity index (χ2n) is 5.31. The number of hydrogen-bond acceptors (Lipinski definition) is 5. The van der Waals surface area contributed by atoms with E-state index in [2.05, 4.69) is 15.3 Å². The summed E-state index contributed by atoms with van der Waals surface area (Å²) in [4.78, 5) is 13.3. The highest BCUT2D eigenvalue weighted by Gasteiger charge is 2.22. The number of rotatable bonds is 5. The van der Waals surface area contributed by atoms with Crippen LogP contribution in [-0.4, -0.2) is 45.6 Å². The van der Waals surface area contributed by atoms with Crippen LogP contribution >= 0.6 is 0 Å². The van der Waals surface area contributed by atoms with Gasteiger partial charge in [0.25, 0.3) is 0 Å². The van der Waals surface area contributed by atoms with Crippen LogP contribution in [-0.2, 0) is 0 Å². The zero-order valence-corrected chi connectivity index (χ0v) is 11.9. The number of likely N-dealkylation sites (tertiary alicyclic amines) is 1. The van der Waals surface area contributed by atoms with Crippen molar-refractivity contribution < 1.29 is 4.92 Å². The van der Waals surface area contributed by atoms with Crippen LogP contribution in [0.15, 0.2) is 24.4 Å². The molecule has 0 aromatic carbocycles. The molecule has 112 valence electrons. The number of anilines is 1. The highest BCUT2D eigenvalue weighted by molar-refractivity contribution is 5.76. The molecule has 1 N–H and O–H groups in total. The molecule has 0 unspecified atom stereocenters. The molecule has 0 spiro atoms. The van der Waals surface area contributed by atoms with Gasteiger partial charge in [-0.1, -0.05) is 12.5 Å². The van der Waals surface area contributed by atoms with Gasteiger partial charge < -0.3 is 10.2 Å². The van der Waals surface area contributed by atoms with Gasteiger partial charge in [-0.3, -0.25) is 10.1 Å². The van der Waals surface area contributed by atoms with Crippen molar-refractivity contribution in [3.05, 3.63) is 34.5 Å². The molecule has 1 saturated heterocycles. The Hall–Kier alpha value is -2.15. The van der Waals surface area contributed by atoms with Crippen molar-refractivity contribution >= 4 is 17.0 Å². The lowest BCUT2D eigenvalue weighted by Crippen LogP contribution is -2.33. The molecule has 3 rings (SSSR count). The maximum absolute atomic E-state index is 11.3. The molecule has 0 bridgehead atoms. The van der Waals surface area contributed by atoms with E-state index in [-0.39, 0.29) is 10.6 Å². The number of fused-ring (bicyclic) bond motifs is 1. The van der Waals surface area contributed by atoms with Gasteiger partial charge in [0.2, 0.25) is 5.82 Å². The SMILES string of the molecule is O=[N+]([O-])c1c(NCCN2CCCCC2)nn2ccccc12. The summed E-state index contributed by atoms with van der Waals surface area (Å²) in [5.74, 6) is 0.350. The first-order valence-corrected chi connectivity index (χ1v) is 7.34. The summed E-state index contributed by atoms with van der Waals surface area (Å²) in [6, 6.07) is 5.30. The van der Waals surface area contributed by atoms with Crippen LogP contribution in [0.5, 0.6) is 0 Å². The molecule has 7 heteroatoms. The van der Waals surface area contributed by atoms with E-state index in [0.717, 1.165) is 19.6 Å². The Kier molecular flexibility index (Phi) is 4.01. The molecule has 1 fully saturated rings. The smallest absolute Gasteiger partial charge is 0.338 e. The van der Waals surface area contributed by atoms with Gasteiger partial charge in [-0.05, 0) is 38.1 Å². The van der Waals surface area contributed by atoms with E-state index < -0.39 is 0 Å². The van der Waals surface area contributed by atoms with Gasteiger partial charge in [-0.2, -0.15) is 0 Å². The van der Waals surface area contributed by atoms with Gasteiger partial charge in [0.05, 0.1) is 4.92 Å². The minimum Gasteiger partial charge on any atom is -0.362 e. The first-order valence-electron chi connectivity index (χ1n) is 7.34. The van der Waals surface area contributed by atoms with Crippen molar-refractivity contribution in [2.45, 2.75) is 19.3 Å². The summed E-state index contributed by atoms with van der Waals surface area (Å²) in [5.41, 5.74) is 0.567. The molecule has 3 heterocycles. The van der Waals surface area contributed by atoms with Gasteiger partial charge in [0.15, 0.2) is 0 Å². The Morgan fingerprint density at radius 1 is 1.29 bits per heavy atom. The fourth-order valence-corrected chi connectivity index (χ4v) is 2.80. The highest BCUT2D eigenvalue weighted by Crippen LogP contribution is 2.28. The maximum atomic E-state index is 11.3. The van der Waals surface area contributed by atoms with Crippen molar-refractivity contribution in [2.75, 3.05) is 31.5 Å². The Morgan fingerprint density at radius 3 is 2.86 bits per heavy atom. The Labute approximate surface area is 122 Å². The minimum absolute atomic E-state index is 0.0502. The zero-order valence-electron chi connectivity index (χ0n) is 11.9. The maximum Gasteiger partial charge on any atom is 0.338 e. The van der Waals surface area contributed by atoms with Crippen LogP contribution in [0, 0.1) is 10.1 Å². The number of nitro groups is 1. The third-order valence-corrected chi connectivity index (χ3v) is 3.87. The van der Waals surface area contributed by atoms with Crippen LogP contribution in [0.4, 0.5) is 11.5 Å². The molecule has 0 atom stereocenters. The molecular weight excluding hydrogens is 270 g/mol. The van der Waals surface area contributed by atoms with Crippen LogP contribution in [0.2, 0.25) is 0 Å². The molecule has 2 aromatic rings. The average molecular weight is 289 g/mol. The van der Waals surface area contributed by atoms with Crippen LogP contribution in [0.3, 0.4) is 0 Å². The summed E-state index contributed by atoms with van der Waals surface area (Å²) in [6.07, 6.45) is 5.52. The number of aromatic nitrogens is 2. The number of piperidine rings is 1. The Morgan fingerprint density at radius 2 is 2.10 bits per heavy atom. The van der Waals surface area contributed by atoms with Gasteiger partial charge in [0.1, 0.15) is 5.52 Å². The van der Waals surface area contributed by atoms with E-state index >= 15 is 0 Å². The number of hydrogen-bond donors (Lipinski definition) is 1. The van der Waals surface area contributed by atoms with Gasteiger partial charge in [-0.15, -0.1) is 5.10 Å². The molecule has 0 saturated carbocycles. The first kappa shape index (κ1) is 13.8. The molecular formula is C14H19N5O2. The summed E-state index contributed by atoms with van der Waals surface area (Å²) in [7, 11) is 0. The number of pyridine rings is 1. The van der Waals surface area contributed by atoms with E-state index in [1.165, 1.54) is 19.3 Å². The van der Waals surface area contributed by atoms with E-state index in [9.17, 15) is 10.1 Å². The largest absolute Gasteiger partial charge is 0.362 e. The minimum atomic E-state index is -0.369. The monoisotopic (exact) mass is 289 g/mol. The lowest BCUT2D eigenvalue weighted by atomic mass is 10.1. The molecule has 0 radical (unpaired) electrons. The summed E-state index contributed by atoms with van der Waals surface area (Å²) in [6.45, 7) is 3.81. The summed E-state index contributed by atoms with van der Waals surface area (Å²) < 4.78 is 1.54. The average Bonchev–Trinajstić information content (AvgIpc) is 2.86. The van der Waals surface area contributed by atoms with Crippen LogP contribution in [0.1, 0.15) is 19.3 Å². The van der Waals surface area contributed by atoms with Crippen molar-refractivity contribution in [1.29, 1.82) is 0 Å². The summed E-state index contributed by atoms with van der Waals surface area (Å²) >= 11 is 0.